The zero-order valence-corrected chi connectivity index (χ0v) is 16.6. The second-order valence-corrected chi connectivity index (χ2v) is 7.41. The van der Waals surface area contributed by atoms with Crippen LogP contribution >= 0.6 is 0 Å². The van der Waals surface area contributed by atoms with Crippen LogP contribution in [0.4, 0.5) is 0 Å². The highest BCUT2D eigenvalue weighted by atomic mass is 16.7. The van der Waals surface area contributed by atoms with Crippen molar-refractivity contribution >= 4 is 0 Å². The van der Waals surface area contributed by atoms with E-state index >= 15 is 0 Å². The van der Waals surface area contributed by atoms with Crippen LogP contribution in [-0.4, -0.2) is 50.7 Å². The third-order valence-corrected chi connectivity index (χ3v) is 5.65. The number of hydrogen-bond donors (Lipinski definition) is 1. The molecule has 0 aromatic heterocycles. The van der Waals surface area contributed by atoms with Crippen LogP contribution in [0.3, 0.4) is 0 Å². The van der Waals surface area contributed by atoms with Gasteiger partial charge in [-0.25, -0.2) is 0 Å². The van der Waals surface area contributed by atoms with E-state index in [1.54, 1.807) is 14.2 Å². The number of rotatable bonds is 6. The lowest BCUT2D eigenvalue weighted by Crippen LogP contribution is -2.35. The summed E-state index contributed by atoms with van der Waals surface area (Å²) in [6.45, 7) is 1.14. The van der Waals surface area contributed by atoms with Gasteiger partial charge in [-0.15, -0.1) is 0 Å². The SMILES string of the molecule is COc1cccc(C[C@@H](O)C[C@@H]2c3c(cc4c(c3OC)OCO4)CCN2C)c1. The molecule has 0 fully saturated rings. The lowest BCUT2D eigenvalue weighted by atomic mass is 9.87. The van der Waals surface area contributed by atoms with Crippen LogP contribution < -0.4 is 18.9 Å². The van der Waals surface area contributed by atoms with Gasteiger partial charge in [0.2, 0.25) is 12.5 Å². The fourth-order valence-corrected chi connectivity index (χ4v) is 4.24. The van der Waals surface area contributed by atoms with E-state index in [-0.39, 0.29) is 12.8 Å². The molecule has 6 heteroatoms. The van der Waals surface area contributed by atoms with Crippen molar-refractivity contribution in [3.05, 3.63) is 47.0 Å². The van der Waals surface area contributed by atoms with Crippen molar-refractivity contribution in [1.82, 2.24) is 4.90 Å². The minimum Gasteiger partial charge on any atom is -0.497 e. The Bertz CT molecular complexity index is 853. The fraction of sp³-hybridized carbons (Fsp3) is 0.455. The molecule has 28 heavy (non-hydrogen) atoms. The molecule has 0 radical (unpaired) electrons. The number of fused-ring (bicyclic) bond motifs is 2. The second-order valence-electron chi connectivity index (χ2n) is 7.41. The van der Waals surface area contributed by atoms with Gasteiger partial charge in [0.15, 0.2) is 11.5 Å². The summed E-state index contributed by atoms with van der Waals surface area (Å²) in [5.74, 6) is 2.95. The topological polar surface area (TPSA) is 60.4 Å². The highest BCUT2D eigenvalue weighted by Crippen LogP contribution is 2.50. The molecular weight excluding hydrogens is 358 g/mol. The zero-order valence-electron chi connectivity index (χ0n) is 16.6. The van der Waals surface area contributed by atoms with E-state index in [1.165, 1.54) is 5.56 Å². The van der Waals surface area contributed by atoms with Gasteiger partial charge in [0.1, 0.15) is 5.75 Å². The van der Waals surface area contributed by atoms with Gasteiger partial charge in [-0.3, -0.25) is 4.90 Å². The van der Waals surface area contributed by atoms with Crippen molar-refractivity contribution in [3.8, 4) is 23.0 Å². The Labute approximate surface area is 165 Å². The molecule has 1 N–H and O–H groups in total. The van der Waals surface area contributed by atoms with Gasteiger partial charge >= 0.3 is 0 Å². The molecule has 2 aliphatic heterocycles. The Morgan fingerprint density at radius 3 is 2.86 bits per heavy atom. The fourth-order valence-electron chi connectivity index (χ4n) is 4.24. The molecule has 0 saturated heterocycles. The summed E-state index contributed by atoms with van der Waals surface area (Å²) in [6, 6.07) is 9.97. The highest BCUT2D eigenvalue weighted by molar-refractivity contribution is 5.61. The molecule has 2 aromatic carbocycles. The Hall–Kier alpha value is -2.44. The summed E-state index contributed by atoms with van der Waals surface area (Å²) in [7, 11) is 5.41. The third-order valence-electron chi connectivity index (χ3n) is 5.65. The van der Waals surface area contributed by atoms with Gasteiger partial charge in [-0.05, 0) is 55.6 Å². The minimum atomic E-state index is -0.486. The van der Waals surface area contributed by atoms with Crippen LogP contribution in [0.2, 0.25) is 0 Å². The molecule has 2 aliphatic rings. The lowest BCUT2D eigenvalue weighted by molar-refractivity contribution is 0.107. The first-order valence-corrected chi connectivity index (χ1v) is 9.61. The summed E-state index contributed by atoms with van der Waals surface area (Å²) in [5, 5.41) is 10.9. The monoisotopic (exact) mass is 385 g/mol. The van der Waals surface area contributed by atoms with Gasteiger partial charge in [0.25, 0.3) is 0 Å². The Kier molecular flexibility index (Phi) is 5.33. The molecule has 150 valence electrons. The van der Waals surface area contributed by atoms with Crippen LogP contribution in [0, 0.1) is 0 Å². The van der Waals surface area contributed by atoms with Crippen molar-refractivity contribution in [2.45, 2.75) is 31.4 Å². The first-order valence-electron chi connectivity index (χ1n) is 9.61. The van der Waals surface area contributed by atoms with Gasteiger partial charge in [0.05, 0.1) is 20.3 Å². The molecule has 2 heterocycles. The molecular formula is C22H27NO5. The maximum Gasteiger partial charge on any atom is 0.231 e. The molecule has 2 atom stereocenters. The largest absolute Gasteiger partial charge is 0.497 e. The van der Waals surface area contributed by atoms with E-state index in [2.05, 4.69) is 18.0 Å². The first-order chi connectivity index (χ1) is 13.6. The molecule has 0 amide bonds. The van der Waals surface area contributed by atoms with Crippen molar-refractivity contribution in [1.29, 1.82) is 0 Å². The van der Waals surface area contributed by atoms with Gasteiger partial charge in [0, 0.05) is 18.2 Å². The molecule has 0 spiro atoms. The van der Waals surface area contributed by atoms with E-state index in [4.69, 9.17) is 18.9 Å². The van der Waals surface area contributed by atoms with Gasteiger partial charge in [-0.2, -0.15) is 0 Å². The normalized spacial score (nSPS) is 19.2. The molecule has 0 unspecified atom stereocenters. The Balaban J connectivity index is 1.60. The maximum absolute atomic E-state index is 10.9. The number of benzene rings is 2. The molecule has 0 aliphatic carbocycles. The summed E-state index contributed by atoms with van der Waals surface area (Å²) >= 11 is 0. The molecule has 0 bridgehead atoms. The Morgan fingerprint density at radius 2 is 2.07 bits per heavy atom. The summed E-state index contributed by atoms with van der Waals surface area (Å²) in [5.41, 5.74) is 3.37. The number of ether oxygens (including phenoxy) is 4. The minimum absolute atomic E-state index is 0.0498. The summed E-state index contributed by atoms with van der Waals surface area (Å²) < 4.78 is 22.3. The average molecular weight is 385 g/mol. The van der Waals surface area contributed by atoms with E-state index in [1.807, 2.05) is 24.3 Å². The second kappa shape index (κ2) is 7.89. The predicted molar refractivity (Wildman–Crippen MR) is 106 cm³/mol. The number of aliphatic hydroxyl groups is 1. The van der Waals surface area contributed by atoms with Crippen molar-refractivity contribution in [2.24, 2.45) is 0 Å². The quantitative estimate of drug-likeness (QED) is 0.825. The van der Waals surface area contributed by atoms with Crippen molar-refractivity contribution < 1.29 is 24.1 Å². The van der Waals surface area contributed by atoms with Gasteiger partial charge < -0.3 is 24.1 Å². The van der Waals surface area contributed by atoms with Crippen LogP contribution in [0.15, 0.2) is 30.3 Å². The van der Waals surface area contributed by atoms with Gasteiger partial charge in [-0.1, -0.05) is 12.1 Å². The first kappa shape index (κ1) is 18.9. The van der Waals surface area contributed by atoms with Crippen LogP contribution in [0.25, 0.3) is 0 Å². The number of likely N-dealkylation sites (N-methyl/N-ethyl adjacent to an activating group) is 1. The van der Waals surface area contributed by atoms with E-state index in [0.717, 1.165) is 41.3 Å². The third kappa shape index (κ3) is 3.50. The molecule has 0 saturated carbocycles. The number of hydrogen-bond acceptors (Lipinski definition) is 6. The molecule has 6 nitrogen and oxygen atoms in total. The maximum atomic E-state index is 10.9. The summed E-state index contributed by atoms with van der Waals surface area (Å²) in [6.07, 6.45) is 1.61. The number of nitrogens with zero attached hydrogens (tertiary/aromatic N) is 1. The summed E-state index contributed by atoms with van der Waals surface area (Å²) in [4.78, 5) is 2.28. The van der Waals surface area contributed by atoms with Crippen LogP contribution in [-0.2, 0) is 12.8 Å². The molecule has 4 rings (SSSR count). The van der Waals surface area contributed by atoms with E-state index < -0.39 is 6.10 Å². The Morgan fingerprint density at radius 1 is 1.21 bits per heavy atom. The molecule has 2 aromatic rings. The lowest BCUT2D eigenvalue weighted by Gasteiger charge is -2.37. The van der Waals surface area contributed by atoms with E-state index in [9.17, 15) is 5.11 Å². The number of aliphatic hydroxyl groups excluding tert-OH is 1. The van der Waals surface area contributed by atoms with E-state index in [0.29, 0.717) is 18.6 Å². The highest BCUT2D eigenvalue weighted by Gasteiger charge is 2.34. The van der Waals surface area contributed by atoms with Crippen molar-refractivity contribution in [3.63, 3.8) is 0 Å². The predicted octanol–water partition coefficient (Wildman–Crippen LogP) is 2.96. The standard InChI is InChI=1S/C22H27NO5/c1-23-8-7-15-11-19-21(28-13-27-19)22(26-3)20(15)18(23)12-16(24)9-14-5-4-6-17(10-14)25-2/h4-6,10-11,16,18,24H,7-9,12-13H2,1-3H3/t16-,18-/m1/s1. The van der Waals surface area contributed by atoms with Crippen LogP contribution in [0.1, 0.15) is 29.2 Å². The van der Waals surface area contributed by atoms with Crippen LogP contribution in [0.5, 0.6) is 23.0 Å². The smallest absolute Gasteiger partial charge is 0.231 e. The zero-order chi connectivity index (χ0) is 19.7. The van der Waals surface area contributed by atoms with Crippen molar-refractivity contribution in [2.75, 3.05) is 34.6 Å². The average Bonchev–Trinajstić information content (AvgIpc) is 3.17. The number of methoxy groups -OCH3 is 2.